The van der Waals surface area contributed by atoms with Crippen LogP contribution < -0.4 is 10.5 Å². The zero-order chi connectivity index (χ0) is 19.5. The molecule has 4 rings (SSSR count). The number of hydrogen-bond donors (Lipinski definition) is 1. The Balaban J connectivity index is 1.44. The molecule has 2 aliphatic rings. The maximum absolute atomic E-state index is 13.0. The highest BCUT2D eigenvalue weighted by Crippen LogP contribution is 2.27. The molecule has 2 aromatic rings. The van der Waals surface area contributed by atoms with Crippen LogP contribution in [-0.4, -0.2) is 29.8 Å². The average molecular weight is 374 g/mol. The number of carbonyl (C=O) groups is 2. The molecule has 2 amide bonds. The van der Waals surface area contributed by atoms with Crippen molar-refractivity contribution in [3.05, 3.63) is 83.1 Å². The Labute approximate surface area is 164 Å². The lowest BCUT2D eigenvalue weighted by Gasteiger charge is -2.17. The smallest absolute Gasteiger partial charge is 0.253 e. The number of nitrogens with two attached hydrogens (primary N) is 1. The number of hydrogen-bond acceptors (Lipinski definition) is 3. The van der Waals surface area contributed by atoms with Crippen LogP contribution in [0.5, 0.6) is 5.75 Å². The van der Waals surface area contributed by atoms with Crippen LogP contribution in [0, 0.1) is 5.92 Å². The normalized spacial score (nSPS) is 18.1. The second-order valence-electron chi connectivity index (χ2n) is 7.23. The fraction of sp³-hybridized carbons (Fsp3) is 0.217. The standard InChI is InChI=1S/C23H22N2O3/c24-22(26)19-6-3-4-16(13-19)12-17-8-10-25(15-17)23(27)20-9-11-28-21-7-2-1-5-18(21)14-20/h1-7,9,11,13-14,17H,8,10,12,15H2,(H2,24,26)/t17-/m0/s1. The Kier molecular flexibility index (Phi) is 4.98. The third kappa shape index (κ3) is 3.83. The van der Waals surface area contributed by atoms with Crippen molar-refractivity contribution in [1.29, 1.82) is 0 Å². The Morgan fingerprint density at radius 1 is 1.14 bits per heavy atom. The number of likely N-dealkylation sites (tertiary alicyclic amines) is 1. The van der Waals surface area contributed by atoms with Crippen molar-refractivity contribution in [3.63, 3.8) is 0 Å². The van der Waals surface area contributed by atoms with Gasteiger partial charge in [0.05, 0.1) is 6.26 Å². The summed E-state index contributed by atoms with van der Waals surface area (Å²) in [6.45, 7) is 1.43. The second-order valence-corrected chi connectivity index (χ2v) is 7.23. The van der Waals surface area contributed by atoms with Crippen LogP contribution in [0.4, 0.5) is 0 Å². The summed E-state index contributed by atoms with van der Waals surface area (Å²) in [6.07, 6.45) is 6.94. The van der Waals surface area contributed by atoms with Crippen molar-refractivity contribution < 1.29 is 14.3 Å². The third-order valence-electron chi connectivity index (χ3n) is 5.23. The van der Waals surface area contributed by atoms with Crippen molar-refractivity contribution in [2.24, 2.45) is 11.7 Å². The molecule has 2 heterocycles. The summed E-state index contributed by atoms with van der Waals surface area (Å²) in [5, 5.41) is 0. The van der Waals surface area contributed by atoms with Gasteiger partial charge in [0.15, 0.2) is 0 Å². The first-order valence-electron chi connectivity index (χ1n) is 9.42. The van der Waals surface area contributed by atoms with Gasteiger partial charge in [-0.1, -0.05) is 30.3 Å². The number of nitrogens with zero attached hydrogens (tertiary/aromatic N) is 1. The Morgan fingerprint density at radius 2 is 2.00 bits per heavy atom. The predicted molar refractivity (Wildman–Crippen MR) is 108 cm³/mol. The molecule has 2 aromatic carbocycles. The van der Waals surface area contributed by atoms with Gasteiger partial charge in [-0.2, -0.15) is 0 Å². The first kappa shape index (κ1) is 18.0. The molecule has 28 heavy (non-hydrogen) atoms. The Hall–Kier alpha value is -3.34. The fourth-order valence-corrected chi connectivity index (χ4v) is 3.79. The Bertz CT molecular complexity index is 977. The van der Waals surface area contributed by atoms with E-state index in [1.807, 2.05) is 53.4 Å². The molecule has 1 fully saturated rings. The van der Waals surface area contributed by atoms with Crippen LogP contribution in [-0.2, 0) is 11.2 Å². The summed E-state index contributed by atoms with van der Waals surface area (Å²) >= 11 is 0. The SMILES string of the molecule is NC(=O)c1cccc(C[C@@H]2CCN(C(=O)C3=Cc4ccccc4OC=C3)C2)c1. The minimum absolute atomic E-state index is 0.0185. The molecular formula is C23H22N2O3. The number of carbonyl (C=O) groups excluding carboxylic acids is 2. The number of ether oxygens (including phenoxy) is 1. The van der Waals surface area contributed by atoms with E-state index in [2.05, 4.69) is 0 Å². The summed E-state index contributed by atoms with van der Waals surface area (Å²) < 4.78 is 5.58. The molecule has 2 aliphatic heterocycles. The highest BCUT2D eigenvalue weighted by atomic mass is 16.5. The van der Waals surface area contributed by atoms with Crippen molar-refractivity contribution in [2.75, 3.05) is 13.1 Å². The van der Waals surface area contributed by atoms with Gasteiger partial charge in [0, 0.05) is 29.8 Å². The van der Waals surface area contributed by atoms with Gasteiger partial charge < -0.3 is 15.4 Å². The van der Waals surface area contributed by atoms with E-state index in [-0.39, 0.29) is 5.91 Å². The van der Waals surface area contributed by atoms with Gasteiger partial charge in [0.1, 0.15) is 5.75 Å². The molecule has 142 valence electrons. The summed E-state index contributed by atoms with van der Waals surface area (Å²) in [4.78, 5) is 26.3. The van der Waals surface area contributed by atoms with Crippen LogP contribution in [0.25, 0.3) is 6.08 Å². The zero-order valence-electron chi connectivity index (χ0n) is 15.5. The van der Waals surface area contributed by atoms with Gasteiger partial charge in [0.2, 0.25) is 5.91 Å². The molecule has 0 radical (unpaired) electrons. The highest BCUT2D eigenvalue weighted by molar-refractivity contribution is 6.01. The summed E-state index contributed by atoms with van der Waals surface area (Å²) in [7, 11) is 0. The number of para-hydroxylation sites is 1. The lowest BCUT2D eigenvalue weighted by Crippen LogP contribution is -2.29. The maximum atomic E-state index is 13.0. The van der Waals surface area contributed by atoms with E-state index in [1.165, 1.54) is 0 Å². The van der Waals surface area contributed by atoms with E-state index in [0.29, 0.717) is 23.6 Å². The fourth-order valence-electron chi connectivity index (χ4n) is 3.79. The van der Waals surface area contributed by atoms with Crippen LogP contribution in [0.2, 0.25) is 0 Å². The first-order valence-corrected chi connectivity index (χ1v) is 9.42. The molecule has 0 spiro atoms. The number of primary amides is 1. The minimum atomic E-state index is -0.417. The van der Waals surface area contributed by atoms with E-state index in [9.17, 15) is 9.59 Å². The first-order chi connectivity index (χ1) is 13.6. The van der Waals surface area contributed by atoms with Crippen molar-refractivity contribution in [1.82, 2.24) is 4.90 Å². The molecule has 5 heteroatoms. The molecule has 2 N–H and O–H groups in total. The summed E-state index contributed by atoms with van der Waals surface area (Å²) in [5.41, 5.74) is 8.49. The van der Waals surface area contributed by atoms with Crippen LogP contribution in [0.3, 0.4) is 0 Å². The second kappa shape index (κ2) is 7.72. The quantitative estimate of drug-likeness (QED) is 0.893. The zero-order valence-corrected chi connectivity index (χ0v) is 15.5. The van der Waals surface area contributed by atoms with Crippen molar-refractivity contribution in [2.45, 2.75) is 12.8 Å². The predicted octanol–water partition coefficient (Wildman–Crippen LogP) is 3.17. The lowest BCUT2D eigenvalue weighted by molar-refractivity contribution is -0.125. The average Bonchev–Trinajstić information content (AvgIpc) is 3.05. The molecular weight excluding hydrogens is 352 g/mol. The van der Waals surface area contributed by atoms with E-state index in [4.69, 9.17) is 10.5 Å². The molecule has 0 bridgehead atoms. The van der Waals surface area contributed by atoms with Crippen LogP contribution in [0.15, 0.2) is 66.4 Å². The topological polar surface area (TPSA) is 72.6 Å². The molecule has 1 saturated heterocycles. The van der Waals surface area contributed by atoms with E-state index in [0.717, 1.165) is 36.3 Å². The monoisotopic (exact) mass is 374 g/mol. The largest absolute Gasteiger partial charge is 0.464 e. The van der Waals surface area contributed by atoms with Gasteiger partial charge in [-0.25, -0.2) is 0 Å². The van der Waals surface area contributed by atoms with Crippen molar-refractivity contribution in [3.8, 4) is 5.75 Å². The molecule has 5 nitrogen and oxygen atoms in total. The summed E-state index contributed by atoms with van der Waals surface area (Å²) in [5.74, 6) is 0.714. The van der Waals surface area contributed by atoms with Crippen molar-refractivity contribution >= 4 is 17.9 Å². The molecule has 0 saturated carbocycles. The number of rotatable bonds is 4. The minimum Gasteiger partial charge on any atom is -0.464 e. The van der Waals surface area contributed by atoms with E-state index in [1.54, 1.807) is 18.4 Å². The van der Waals surface area contributed by atoms with Gasteiger partial charge >= 0.3 is 0 Å². The van der Waals surface area contributed by atoms with E-state index < -0.39 is 5.91 Å². The summed E-state index contributed by atoms with van der Waals surface area (Å²) in [6, 6.07) is 15.1. The molecule has 1 atom stereocenters. The van der Waals surface area contributed by atoms with E-state index >= 15 is 0 Å². The molecule has 0 aromatic heterocycles. The molecule has 0 aliphatic carbocycles. The van der Waals surface area contributed by atoms with Crippen LogP contribution in [0.1, 0.15) is 27.9 Å². The van der Waals surface area contributed by atoms with Crippen LogP contribution >= 0.6 is 0 Å². The maximum Gasteiger partial charge on any atom is 0.253 e. The lowest BCUT2D eigenvalue weighted by atomic mass is 9.97. The number of amides is 2. The molecule has 0 unspecified atom stereocenters. The number of fused-ring (bicyclic) bond motifs is 1. The van der Waals surface area contributed by atoms with Gasteiger partial charge in [-0.3, -0.25) is 9.59 Å². The highest BCUT2D eigenvalue weighted by Gasteiger charge is 2.28. The number of benzene rings is 2. The Morgan fingerprint density at radius 3 is 2.86 bits per heavy atom. The van der Waals surface area contributed by atoms with Gasteiger partial charge in [0.25, 0.3) is 5.91 Å². The third-order valence-corrected chi connectivity index (χ3v) is 5.23. The van der Waals surface area contributed by atoms with Gasteiger partial charge in [-0.05, 0) is 54.7 Å². The van der Waals surface area contributed by atoms with Gasteiger partial charge in [-0.15, -0.1) is 0 Å².